The fourth-order valence-electron chi connectivity index (χ4n) is 5.30. The number of amides is 1. The van der Waals surface area contributed by atoms with Gasteiger partial charge >= 0.3 is 6.09 Å². The fourth-order valence-corrected chi connectivity index (χ4v) is 5.30. The number of aryl methyl sites for hydroxylation is 2. The van der Waals surface area contributed by atoms with E-state index in [0.717, 1.165) is 49.1 Å². The molecule has 1 unspecified atom stereocenters. The summed E-state index contributed by atoms with van der Waals surface area (Å²) in [6.45, 7) is 5.89. The number of benzene rings is 2. The first-order valence-electron chi connectivity index (χ1n) is 11.8. The van der Waals surface area contributed by atoms with Crippen molar-refractivity contribution in [3.8, 4) is 0 Å². The van der Waals surface area contributed by atoms with Gasteiger partial charge in [0.05, 0.1) is 18.2 Å². The molecule has 1 saturated heterocycles. The first-order chi connectivity index (χ1) is 15.9. The molecule has 0 bridgehead atoms. The summed E-state index contributed by atoms with van der Waals surface area (Å²) in [7, 11) is 0. The Bertz CT molecular complexity index is 1180. The highest BCUT2D eigenvalue weighted by Gasteiger charge is 2.43. The Morgan fingerprint density at radius 2 is 1.91 bits per heavy atom. The number of nitrogens with zero attached hydrogens (tertiary/aromatic N) is 3. The van der Waals surface area contributed by atoms with E-state index in [1.807, 2.05) is 26.0 Å². The highest BCUT2D eigenvalue weighted by Crippen LogP contribution is 2.32. The Morgan fingerprint density at radius 3 is 2.73 bits per heavy atom. The molecular weight excluding hydrogens is 414 g/mol. The summed E-state index contributed by atoms with van der Waals surface area (Å²) < 4.78 is 5.79. The Balaban J connectivity index is 1.44. The van der Waals surface area contributed by atoms with E-state index in [9.17, 15) is 9.90 Å². The maximum Gasteiger partial charge on any atom is 0.409 e. The van der Waals surface area contributed by atoms with E-state index in [1.165, 1.54) is 21.6 Å². The van der Waals surface area contributed by atoms with Crippen molar-refractivity contribution in [2.75, 3.05) is 18.1 Å². The number of aromatic nitrogens is 1. The Morgan fingerprint density at radius 1 is 1.15 bits per heavy atom. The summed E-state index contributed by atoms with van der Waals surface area (Å²) in [5.41, 5.74) is 4.21. The van der Waals surface area contributed by atoms with E-state index in [1.54, 1.807) is 0 Å². The number of hydrogen-bond donors (Lipinski definition) is 1. The van der Waals surface area contributed by atoms with Gasteiger partial charge < -0.3 is 14.7 Å². The monoisotopic (exact) mass is 445 g/mol. The largest absolute Gasteiger partial charge is 0.465 e. The second-order valence-corrected chi connectivity index (χ2v) is 9.55. The molecule has 1 fully saturated rings. The smallest absolute Gasteiger partial charge is 0.409 e. The van der Waals surface area contributed by atoms with Gasteiger partial charge in [-0.3, -0.25) is 4.90 Å². The lowest BCUT2D eigenvalue weighted by Gasteiger charge is -2.31. The molecule has 172 valence electrons. The number of para-hydroxylation sites is 1. The van der Waals surface area contributed by atoms with Crippen LogP contribution in [-0.2, 0) is 24.1 Å². The third kappa shape index (κ3) is 4.27. The molecule has 0 spiro atoms. The molecule has 0 saturated carbocycles. The van der Waals surface area contributed by atoms with Gasteiger partial charge in [-0.25, -0.2) is 9.78 Å². The summed E-state index contributed by atoms with van der Waals surface area (Å²) in [6.07, 6.45) is 2.75. The van der Waals surface area contributed by atoms with Gasteiger partial charge in [-0.15, -0.1) is 0 Å². The second kappa shape index (κ2) is 8.67. The average Bonchev–Trinajstić information content (AvgIpc) is 2.97. The van der Waals surface area contributed by atoms with Gasteiger partial charge in [0.25, 0.3) is 0 Å². The summed E-state index contributed by atoms with van der Waals surface area (Å²) in [6, 6.07) is 19.0. The molecular formula is C27H31N3O3. The number of carboxylic acid groups (broad SMARTS) is 1. The minimum Gasteiger partial charge on any atom is -0.465 e. The van der Waals surface area contributed by atoms with Crippen LogP contribution in [-0.4, -0.2) is 46.0 Å². The van der Waals surface area contributed by atoms with Gasteiger partial charge in [0.2, 0.25) is 0 Å². The number of rotatable bonds is 4. The van der Waals surface area contributed by atoms with E-state index in [2.05, 4.69) is 47.4 Å². The number of pyridine rings is 1. The van der Waals surface area contributed by atoms with Crippen LogP contribution >= 0.6 is 0 Å². The fraction of sp³-hybridized carbons (Fsp3) is 0.407. The zero-order valence-corrected chi connectivity index (χ0v) is 19.3. The normalized spacial score (nSPS) is 20.0. The van der Waals surface area contributed by atoms with Crippen molar-refractivity contribution in [3.05, 3.63) is 71.3 Å². The molecule has 1 atom stereocenters. The highest BCUT2D eigenvalue weighted by atomic mass is 16.5. The molecule has 2 aromatic carbocycles. The van der Waals surface area contributed by atoms with Crippen LogP contribution < -0.4 is 4.90 Å². The maximum atomic E-state index is 11.9. The van der Waals surface area contributed by atoms with Crippen LogP contribution in [0.4, 0.5) is 10.6 Å². The third-order valence-corrected chi connectivity index (χ3v) is 6.99. The van der Waals surface area contributed by atoms with Crippen LogP contribution in [0.15, 0.2) is 54.6 Å². The molecule has 2 aliphatic rings. The van der Waals surface area contributed by atoms with Gasteiger partial charge in [0.1, 0.15) is 11.5 Å². The van der Waals surface area contributed by atoms with E-state index in [4.69, 9.17) is 9.72 Å². The van der Waals surface area contributed by atoms with Crippen molar-refractivity contribution in [1.29, 1.82) is 0 Å². The van der Waals surface area contributed by atoms with Gasteiger partial charge in [0.15, 0.2) is 0 Å². The lowest BCUT2D eigenvalue weighted by molar-refractivity contribution is -0.0421. The standard InChI is InChI=1S/C27H31N3O3/c1-27(2)30(26(31)32)22(18-33-27)14-13-20-16-25(28-24-12-6-5-11-23(20)24)29-15-7-10-19-8-3-4-9-21(19)17-29/h3-6,8-9,11-12,16,22H,7,10,13-15,17-18H2,1-2H3,(H,31,32). The molecule has 3 aromatic rings. The third-order valence-electron chi connectivity index (χ3n) is 6.99. The van der Waals surface area contributed by atoms with Crippen LogP contribution in [0.25, 0.3) is 10.9 Å². The van der Waals surface area contributed by atoms with Crippen molar-refractivity contribution >= 4 is 22.8 Å². The Hall–Kier alpha value is -3.12. The zero-order chi connectivity index (χ0) is 23.0. The zero-order valence-electron chi connectivity index (χ0n) is 19.3. The van der Waals surface area contributed by atoms with Crippen LogP contribution in [0.1, 0.15) is 43.4 Å². The van der Waals surface area contributed by atoms with Crippen molar-refractivity contribution in [2.45, 2.75) is 57.8 Å². The van der Waals surface area contributed by atoms with E-state index in [0.29, 0.717) is 13.0 Å². The summed E-state index contributed by atoms with van der Waals surface area (Å²) in [4.78, 5) is 20.7. The molecule has 0 radical (unpaired) electrons. The molecule has 33 heavy (non-hydrogen) atoms. The molecule has 0 aliphatic carbocycles. The molecule has 1 amide bonds. The van der Waals surface area contributed by atoms with Crippen molar-refractivity contribution in [1.82, 2.24) is 9.88 Å². The predicted molar refractivity (Wildman–Crippen MR) is 130 cm³/mol. The minimum atomic E-state index is -0.925. The Kier molecular flexibility index (Phi) is 5.71. The first kappa shape index (κ1) is 21.7. The summed E-state index contributed by atoms with van der Waals surface area (Å²) in [5, 5.41) is 10.9. The van der Waals surface area contributed by atoms with Crippen LogP contribution in [0.3, 0.4) is 0 Å². The van der Waals surface area contributed by atoms with E-state index in [-0.39, 0.29) is 6.04 Å². The second-order valence-electron chi connectivity index (χ2n) is 9.55. The number of ether oxygens (including phenoxy) is 1. The highest BCUT2D eigenvalue weighted by molar-refractivity contribution is 5.84. The molecule has 6 nitrogen and oxygen atoms in total. The lowest BCUT2D eigenvalue weighted by Crippen LogP contribution is -2.47. The summed E-state index contributed by atoms with van der Waals surface area (Å²) >= 11 is 0. The molecule has 3 heterocycles. The molecule has 5 rings (SSSR count). The van der Waals surface area contributed by atoms with Gasteiger partial charge in [-0.05, 0) is 68.4 Å². The molecule has 1 N–H and O–H groups in total. The number of fused-ring (bicyclic) bond motifs is 2. The number of carbonyl (C=O) groups is 1. The molecule has 6 heteroatoms. The van der Waals surface area contributed by atoms with Crippen molar-refractivity contribution in [3.63, 3.8) is 0 Å². The number of anilines is 1. The van der Waals surface area contributed by atoms with Crippen molar-refractivity contribution < 1.29 is 14.6 Å². The maximum absolute atomic E-state index is 11.9. The lowest BCUT2D eigenvalue weighted by atomic mass is 10.0. The number of hydrogen-bond acceptors (Lipinski definition) is 4. The topological polar surface area (TPSA) is 65.9 Å². The van der Waals surface area contributed by atoms with E-state index >= 15 is 0 Å². The minimum absolute atomic E-state index is 0.155. The SMILES string of the molecule is CC1(C)OCC(CCc2cc(N3CCCc4ccccc4C3)nc3ccccc23)N1C(=O)O. The quantitative estimate of drug-likeness (QED) is 0.595. The van der Waals surface area contributed by atoms with Crippen LogP contribution in [0.5, 0.6) is 0 Å². The van der Waals surface area contributed by atoms with Crippen LogP contribution in [0.2, 0.25) is 0 Å². The van der Waals surface area contributed by atoms with Gasteiger partial charge in [-0.2, -0.15) is 0 Å². The summed E-state index contributed by atoms with van der Waals surface area (Å²) in [5.74, 6) is 0.999. The average molecular weight is 446 g/mol. The Labute approximate surface area is 194 Å². The van der Waals surface area contributed by atoms with Crippen molar-refractivity contribution in [2.24, 2.45) is 0 Å². The van der Waals surface area contributed by atoms with E-state index < -0.39 is 11.8 Å². The predicted octanol–water partition coefficient (Wildman–Crippen LogP) is 5.24. The first-order valence-corrected chi connectivity index (χ1v) is 11.8. The van der Waals surface area contributed by atoms with Gasteiger partial charge in [0, 0.05) is 18.5 Å². The molecule has 1 aromatic heterocycles. The van der Waals surface area contributed by atoms with Crippen LogP contribution in [0, 0.1) is 0 Å². The van der Waals surface area contributed by atoms with Gasteiger partial charge in [-0.1, -0.05) is 42.5 Å². The molecule has 2 aliphatic heterocycles.